The maximum Gasteiger partial charge on any atom is 0.281 e. The molecular weight excluding hydrogens is 525 g/mol. The van der Waals surface area contributed by atoms with Crippen LogP contribution in [0.1, 0.15) is 24.0 Å². The second-order valence-corrected chi connectivity index (χ2v) is 10.7. The summed E-state index contributed by atoms with van der Waals surface area (Å²) in [6.45, 7) is 2.45. The molecule has 0 amide bonds. The third kappa shape index (κ3) is 5.43. The summed E-state index contributed by atoms with van der Waals surface area (Å²) in [4.78, 5) is 24.2. The van der Waals surface area contributed by atoms with Gasteiger partial charge in [-0.2, -0.15) is 5.10 Å². The molecule has 41 heavy (non-hydrogen) atoms. The Kier molecular flexibility index (Phi) is 7.24. The van der Waals surface area contributed by atoms with E-state index in [4.69, 9.17) is 4.42 Å². The summed E-state index contributed by atoms with van der Waals surface area (Å²) in [5.41, 5.74) is 3.45. The lowest BCUT2D eigenvalue weighted by atomic mass is 9.91. The summed E-state index contributed by atoms with van der Waals surface area (Å²) in [6.07, 6.45) is 5.37. The molecule has 0 radical (unpaired) electrons. The molecule has 10 nitrogen and oxygen atoms in total. The predicted octanol–water partition coefficient (Wildman–Crippen LogP) is 3.34. The van der Waals surface area contributed by atoms with Crippen molar-refractivity contribution < 1.29 is 13.9 Å². The zero-order valence-corrected chi connectivity index (χ0v) is 23.0. The number of fused-ring (bicyclic) bond motifs is 1. The van der Waals surface area contributed by atoms with Gasteiger partial charge in [0.15, 0.2) is 5.52 Å². The maximum atomic E-state index is 14.8. The van der Waals surface area contributed by atoms with Gasteiger partial charge in [-0.25, -0.2) is 14.4 Å². The van der Waals surface area contributed by atoms with Gasteiger partial charge in [-0.15, -0.1) is 0 Å². The minimum atomic E-state index is -1.08. The third-order valence-electron chi connectivity index (χ3n) is 7.80. The van der Waals surface area contributed by atoms with E-state index >= 15 is 0 Å². The van der Waals surface area contributed by atoms with E-state index in [1.165, 1.54) is 29.4 Å². The molecule has 0 aliphatic carbocycles. The number of rotatable bonds is 8. The highest BCUT2D eigenvalue weighted by Gasteiger charge is 2.33. The van der Waals surface area contributed by atoms with Gasteiger partial charge in [-0.1, -0.05) is 30.3 Å². The summed E-state index contributed by atoms with van der Waals surface area (Å²) in [7, 11) is 3.70. The number of hydrogen-bond acceptors (Lipinski definition) is 8. The normalized spacial score (nSPS) is 15.5. The molecule has 6 rings (SSSR count). The van der Waals surface area contributed by atoms with Crippen molar-refractivity contribution in [3.8, 4) is 22.7 Å². The molecule has 3 aromatic heterocycles. The fourth-order valence-electron chi connectivity index (χ4n) is 5.53. The van der Waals surface area contributed by atoms with Crippen LogP contribution in [0.5, 0.6) is 0 Å². The van der Waals surface area contributed by atoms with Crippen LogP contribution in [-0.2, 0) is 26.7 Å². The summed E-state index contributed by atoms with van der Waals surface area (Å²) >= 11 is 0. The number of aromatic nitrogens is 5. The number of aryl methyl sites for hydroxylation is 1. The fourth-order valence-corrected chi connectivity index (χ4v) is 5.53. The Morgan fingerprint density at radius 3 is 2.51 bits per heavy atom. The van der Waals surface area contributed by atoms with Crippen molar-refractivity contribution in [3.05, 3.63) is 88.5 Å². The minimum absolute atomic E-state index is 0.118. The van der Waals surface area contributed by atoms with Gasteiger partial charge in [-0.3, -0.25) is 18.9 Å². The van der Waals surface area contributed by atoms with Crippen molar-refractivity contribution in [3.63, 3.8) is 0 Å². The zero-order valence-electron chi connectivity index (χ0n) is 23.0. The predicted molar refractivity (Wildman–Crippen MR) is 152 cm³/mol. The number of oxazole rings is 1. The SMILES string of the molecule is CNCc1ccc(-c2c3ncn(CC4(O)CCN(Cc5ccc(-c6ncco6)cc5F)CC4)c(=O)c3nn2C)cc1. The number of hydrogen-bond donors (Lipinski definition) is 2. The molecule has 0 bridgehead atoms. The Hall–Kier alpha value is -4.19. The number of nitrogens with one attached hydrogen (secondary N) is 1. The molecule has 0 spiro atoms. The van der Waals surface area contributed by atoms with E-state index in [1.54, 1.807) is 23.9 Å². The molecule has 0 unspecified atom stereocenters. The van der Waals surface area contributed by atoms with Crippen LogP contribution in [0.2, 0.25) is 0 Å². The van der Waals surface area contributed by atoms with Gasteiger partial charge in [-0.05, 0) is 37.6 Å². The highest BCUT2D eigenvalue weighted by molar-refractivity contribution is 5.89. The smallest absolute Gasteiger partial charge is 0.281 e. The lowest BCUT2D eigenvalue weighted by molar-refractivity contribution is -0.0366. The molecule has 1 saturated heterocycles. The number of likely N-dealkylation sites (tertiary alicyclic amines) is 1. The Morgan fingerprint density at radius 2 is 1.83 bits per heavy atom. The number of nitrogens with zero attached hydrogens (tertiary/aromatic N) is 6. The quantitative estimate of drug-likeness (QED) is 0.299. The van der Waals surface area contributed by atoms with E-state index in [0.29, 0.717) is 55.0 Å². The highest BCUT2D eigenvalue weighted by Crippen LogP contribution is 2.28. The molecule has 0 saturated carbocycles. The molecule has 2 aromatic carbocycles. The van der Waals surface area contributed by atoms with Gasteiger partial charge < -0.3 is 14.8 Å². The largest absolute Gasteiger partial charge is 0.445 e. The van der Waals surface area contributed by atoms with Crippen LogP contribution in [0.25, 0.3) is 33.7 Å². The molecule has 11 heteroatoms. The molecule has 0 atom stereocenters. The first-order valence-electron chi connectivity index (χ1n) is 13.6. The number of aliphatic hydroxyl groups is 1. The Labute approximate surface area is 236 Å². The van der Waals surface area contributed by atoms with Gasteiger partial charge in [0.25, 0.3) is 5.56 Å². The number of benzene rings is 2. The van der Waals surface area contributed by atoms with Crippen LogP contribution in [0, 0.1) is 5.82 Å². The Balaban J connectivity index is 1.14. The fraction of sp³-hybridized carbons (Fsp3) is 0.333. The monoisotopic (exact) mass is 557 g/mol. The molecule has 1 aliphatic rings. The second-order valence-electron chi connectivity index (χ2n) is 10.7. The Morgan fingerprint density at radius 1 is 1.07 bits per heavy atom. The van der Waals surface area contributed by atoms with E-state index in [0.717, 1.165) is 23.4 Å². The molecule has 1 fully saturated rings. The van der Waals surface area contributed by atoms with Crippen LogP contribution >= 0.6 is 0 Å². The van der Waals surface area contributed by atoms with Crippen molar-refractivity contribution in [1.29, 1.82) is 0 Å². The lowest BCUT2D eigenvalue weighted by Crippen LogP contribution is -2.47. The van der Waals surface area contributed by atoms with Crippen molar-refractivity contribution in [1.82, 2.24) is 34.5 Å². The number of piperidine rings is 1. The minimum Gasteiger partial charge on any atom is -0.445 e. The van der Waals surface area contributed by atoms with E-state index in [-0.39, 0.29) is 23.4 Å². The van der Waals surface area contributed by atoms with Crippen LogP contribution in [-0.4, -0.2) is 60.1 Å². The summed E-state index contributed by atoms with van der Waals surface area (Å²) in [5.74, 6) is 0.0540. The molecule has 4 heterocycles. The van der Waals surface area contributed by atoms with Gasteiger partial charge in [0.1, 0.15) is 17.6 Å². The van der Waals surface area contributed by atoms with E-state index < -0.39 is 5.60 Å². The van der Waals surface area contributed by atoms with Crippen LogP contribution in [0.15, 0.2) is 70.5 Å². The average Bonchev–Trinajstić information content (AvgIpc) is 3.62. The lowest BCUT2D eigenvalue weighted by Gasteiger charge is -2.38. The van der Waals surface area contributed by atoms with Gasteiger partial charge in [0.2, 0.25) is 5.89 Å². The molecule has 212 valence electrons. The molecule has 2 N–H and O–H groups in total. The van der Waals surface area contributed by atoms with Crippen LogP contribution in [0.3, 0.4) is 0 Å². The van der Waals surface area contributed by atoms with Crippen LogP contribution in [0.4, 0.5) is 4.39 Å². The first kappa shape index (κ1) is 27.0. The van der Waals surface area contributed by atoms with E-state index in [9.17, 15) is 14.3 Å². The van der Waals surface area contributed by atoms with Crippen molar-refractivity contribution >= 4 is 11.0 Å². The molecule has 1 aliphatic heterocycles. The standard InChI is InChI=1S/C30H32FN7O3/c1-32-16-20-3-5-21(6-4-20)27-25-26(35-36(27)2)29(39)38(19-34-25)18-30(40)9-12-37(13-10-30)17-23-8-7-22(15-24(23)31)28-33-11-14-41-28/h3-8,11,14-15,19,32,40H,9-10,12-13,16-18H2,1-2H3. The average molecular weight is 558 g/mol. The number of halogens is 1. The van der Waals surface area contributed by atoms with Crippen molar-refractivity contribution in [2.45, 2.75) is 38.1 Å². The Bertz CT molecular complexity index is 1720. The first-order chi connectivity index (χ1) is 19.8. The molecule has 5 aromatic rings. The van der Waals surface area contributed by atoms with E-state index in [2.05, 4.69) is 25.3 Å². The van der Waals surface area contributed by atoms with Gasteiger partial charge in [0.05, 0.1) is 30.4 Å². The highest BCUT2D eigenvalue weighted by atomic mass is 19.1. The first-order valence-corrected chi connectivity index (χ1v) is 13.6. The molecular formula is C30H32FN7O3. The van der Waals surface area contributed by atoms with Crippen molar-refractivity contribution in [2.75, 3.05) is 20.1 Å². The maximum absolute atomic E-state index is 14.8. The third-order valence-corrected chi connectivity index (χ3v) is 7.80. The summed E-state index contributed by atoms with van der Waals surface area (Å²) in [6, 6.07) is 13.0. The topological polar surface area (TPSA) is 114 Å². The van der Waals surface area contributed by atoms with Crippen LogP contribution < -0.4 is 10.9 Å². The van der Waals surface area contributed by atoms with E-state index in [1.807, 2.05) is 31.3 Å². The summed E-state index contributed by atoms with van der Waals surface area (Å²) in [5, 5.41) is 19.0. The van der Waals surface area contributed by atoms with Gasteiger partial charge in [0, 0.05) is 49.9 Å². The second kappa shape index (κ2) is 11.0. The van der Waals surface area contributed by atoms with Gasteiger partial charge >= 0.3 is 0 Å². The van der Waals surface area contributed by atoms with Crippen molar-refractivity contribution in [2.24, 2.45) is 7.05 Å². The summed E-state index contributed by atoms with van der Waals surface area (Å²) < 4.78 is 23.2. The zero-order chi connectivity index (χ0) is 28.6.